The fraction of sp³-hybridized carbons (Fsp3) is 0.278. The van der Waals surface area contributed by atoms with Gasteiger partial charge >= 0.3 is 5.97 Å². The smallest absolute Gasteiger partial charge is 0.335 e. The second-order valence-corrected chi connectivity index (χ2v) is 5.11. The van der Waals surface area contributed by atoms with Crippen molar-refractivity contribution in [2.75, 3.05) is 13.2 Å². The zero-order valence-corrected chi connectivity index (χ0v) is 12.8. The Hall–Kier alpha value is -2.53. The molecule has 1 aliphatic heterocycles. The normalized spacial score (nSPS) is 13.0. The van der Waals surface area contributed by atoms with Crippen LogP contribution < -0.4 is 4.74 Å². The fourth-order valence-electron chi connectivity index (χ4n) is 2.04. The Morgan fingerprint density at radius 1 is 1.09 bits per heavy atom. The van der Waals surface area contributed by atoms with E-state index in [0.717, 1.165) is 18.8 Å². The van der Waals surface area contributed by atoms with Gasteiger partial charge in [0.1, 0.15) is 18.1 Å². The minimum atomic E-state index is -1.10. The summed E-state index contributed by atoms with van der Waals surface area (Å²) < 4.78 is 10.4. The molecule has 5 heteroatoms. The first-order valence-electron chi connectivity index (χ1n) is 7.47. The summed E-state index contributed by atoms with van der Waals surface area (Å²) >= 11 is 0. The second-order valence-electron chi connectivity index (χ2n) is 5.11. The summed E-state index contributed by atoms with van der Waals surface area (Å²) in [5.41, 5.74) is 0.968. The Balaban J connectivity index is 0.000000326. The minimum Gasteiger partial charge on any atom is -0.508 e. The van der Waals surface area contributed by atoms with E-state index in [4.69, 9.17) is 14.6 Å². The molecule has 1 fully saturated rings. The molecule has 0 spiro atoms. The molecule has 23 heavy (non-hydrogen) atoms. The van der Waals surface area contributed by atoms with E-state index in [1.807, 2.05) is 30.3 Å². The van der Waals surface area contributed by atoms with Gasteiger partial charge in [-0.15, -0.1) is 0 Å². The largest absolute Gasteiger partial charge is 0.508 e. The van der Waals surface area contributed by atoms with Crippen molar-refractivity contribution in [1.82, 2.24) is 0 Å². The highest BCUT2D eigenvalue weighted by atomic mass is 16.5. The van der Waals surface area contributed by atoms with E-state index in [2.05, 4.69) is 0 Å². The highest BCUT2D eigenvalue weighted by molar-refractivity contribution is 5.88. The summed E-state index contributed by atoms with van der Waals surface area (Å²) in [5.74, 6) is -0.898. The number of benzene rings is 2. The third kappa shape index (κ3) is 6.00. The molecular formula is C18H20O5. The molecule has 1 heterocycles. The molecular weight excluding hydrogens is 296 g/mol. The number of hydrogen-bond donors (Lipinski definition) is 2. The van der Waals surface area contributed by atoms with Crippen molar-refractivity contribution in [1.29, 1.82) is 0 Å². The van der Waals surface area contributed by atoms with Gasteiger partial charge in [-0.25, -0.2) is 4.79 Å². The van der Waals surface area contributed by atoms with E-state index in [1.165, 1.54) is 31.0 Å². The van der Waals surface area contributed by atoms with E-state index in [9.17, 15) is 9.90 Å². The lowest BCUT2D eigenvalue weighted by Gasteiger charge is -2.07. The average Bonchev–Trinajstić information content (AvgIpc) is 3.13. The highest BCUT2D eigenvalue weighted by Gasteiger charge is 2.07. The number of carboxylic acid groups (broad SMARTS) is 1. The van der Waals surface area contributed by atoms with Crippen LogP contribution in [0.2, 0.25) is 0 Å². The second kappa shape index (κ2) is 8.80. The number of ether oxygens (including phenoxy) is 2. The molecule has 0 aliphatic carbocycles. The number of phenolic OH excluding ortho intramolecular Hbond substituents is 1. The van der Waals surface area contributed by atoms with Gasteiger partial charge in [0.2, 0.25) is 0 Å². The zero-order chi connectivity index (χ0) is 16.5. The van der Waals surface area contributed by atoms with Crippen LogP contribution in [0.5, 0.6) is 11.5 Å². The molecule has 0 atom stereocenters. The topological polar surface area (TPSA) is 76.0 Å². The molecule has 1 aliphatic rings. The predicted octanol–water partition coefficient (Wildman–Crippen LogP) is 3.47. The molecule has 0 aromatic heterocycles. The number of carbonyl (C=O) groups is 1. The Morgan fingerprint density at radius 3 is 2.35 bits per heavy atom. The number of phenols is 1. The van der Waals surface area contributed by atoms with E-state index in [0.29, 0.717) is 12.4 Å². The monoisotopic (exact) mass is 316 g/mol. The van der Waals surface area contributed by atoms with Gasteiger partial charge in [-0.1, -0.05) is 30.3 Å². The Bertz CT molecular complexity index is 613. The third-order valence-electron chi connectivity index (χ3n) is 3.21. The number of aromatic carboxylic acids is 1. The van der Waals surface area contributed by atoms with Gasteiger partial charge in [0.05, 0.1) is 5.56 Å². The van der Waals surface area contributed by atoms with Crippen LogP contribution in [0.3, 0.4) is 0 Å². The van der Waals surface area contributed by atoms with Crippen LogP contribution >= 0.6 is 0 Å². The lowest BCUT2D eigenvalue weighted by Crippen LogP contribution is -1.99. The van der Waals surface area contributed by atoms with Crippen molar-refractivity contribution in [2.24, 2.45) is 0 Å². The molecule has 3 rings (SSSR count). The summed E-state index contributed by atoms with van der Waals surface area (Å²) in [4.78, 5) is 10.8. The first-order chi connectivity index (χ1) is 11.1. The van der Waals surface area contributed by atoms with Gasteiger partial charge < -0.3 is 19.7 Å². The predicted molar refractivity (Wildman–Crippen MR) is 85.9 cm³/mol. The van der Waals surface area contributed by atoms with Crippen molar-refractivity contribution in [3.63, 3.8) is 0 Å². The minimum absolute atomic E-state index is 0.00179. The molecule has 5 nitrogen and oxygen atoms in total. The van der Waals surface area contributed by atoms with Crippen molar-refractivity contribution in [2.45, 2.75) is 19.4 Å². The van der Waals surface area contributed by atoms with Crippen LogP contribution in [0.15, 0.2) is 48.5 Å². The van der Waals surface area contributed by atoms with E-state index >= 15 is 0 Å². The van der Waals surface area contributed by atoms with Gasteiger partial charge in [-0.2, -0.15) is 0 Å². The van der Waals surface area contributed by atoms with Crippen LogP contribution in [0.25, 0.3) is 0 Å². The summed E-state index contributed by atoms with van der Waals surface area (Å²) in [6.07, 6.45) is 2.56. The fourth-order valence-corrected chi connectivity index (χ4v) is 2.04. The van der Waals surface area contributed by atoms with Crippen LogP contribution in [-0.2, 0) is 11.3 Å². The molecule has 0 bridgehead atoms. The molecule has 2 aromatic carbocycles. The third-order valence-corrected chi connectivity index (χ3v) is 3.21. The lowest BCUT2D eigenvalue weighted by atomic mass is 10.2. The van der Waals surface area contributed by atoms with E-state index in [1.54, 1.807) is 0 Å². The van der Waals surface area contributed by atoms with Gasteiger partial charge in [-0.05, 0) is 30.5 Å². The van der Waals surface area contributed by atoms with Crippen molar-refractivity contribution in [3.8, 4) is 11.5 Å². The average molecular weight is 316 g/mol. The maximum Gasteiger partial charge on any atom is 0.335 e. The number of aromatic hydroxyl groups is 1. The first-order valence-corrected chi connectivity index (χ1v) is 7.47. The zero-order valence-electron chi connectivity index (χ0n) is 12.8. The number of rotatable bonds is 4. The van der Waals surface area contributed by atoms with Gasteiger partial charge in [-0.3, -0.25) is 0 Å². The quantitative estimate of drug-likeness (QED) is 0.903. The van der Waals surface area contributed by atoms with E-state index in [-0.39, 0.29) is 11.3 Å². The van der Waals surface area contributed by atoms with Gasteiger partial charge in [0.25, 0.3) is 0 Å². The number of hydrogen-bond acceptors (Lipinski definition) is 4. The molecule has 2 N–H and O–H groups in total. The van der Waals surface area contributed by atoms with Crippen molar-refractivity contribution >= 4 is 5.97 Å². The molecule has 122 valence electrons. The molecule has 0 unspecified atom stereocenters. The molecule has 0 radical (unpaired) electrons. The van der Waals surface area contributed by atoms with E-state index < -0.39 is 5.97 Å². The standard InChI is InChI=1S/C14H12O4.C4H8O/c15-12-6-11(14(16)17)7-13(8-12)18-9-10-4-2-1-3-5-10;1-2-4-5-3-1/h1-8,15H,9H2,(H,16,17);1-4H2. The molecule has 0 amide bonds. The van der Waals surface area contributed by atoms with Crippen LogP contribution in [0, 0.1) is 0 Å². The summed E-state index contributed by atoms with van der Waals surface area (Å²) in [6, 6.07) is 13.4. The molecule has 1 saturated heterocycles. The van der Waals surface area contributed by atoms with Gasteiger partial charge in [0.15, 0.2) is 0 Å². The van der Waals surface area contributed by atoms with Crippen molar-refractivity contribution < 1.29 is 24.5 Å². The van der Waals surface area contributed by atoms with Gasteiger partial charge in [0, 0.05) is 19.3 Å². The van der Waals surface area contributed by atoms with Crippen molar-refractivity contribution in [3.05, 3.63) is 59.7 Å². The molecule has 2 aromatic rings. The van der Waals surface area contributed by atoms with Crippen LogP contribution in [0.1, 0.15) is 28.8 Å². The SMILES string of the molecule is C1CCOC1.O=C(O)c1cc(O)cc(OCc2ccccc2)c1. The Morgan fingerprint density at radius 2 is 1.78 bits per heavy atom. The Labute approximate surface area is 135 Å². The maximum absolute atomic E-state index is 10.8. The van der Waals surface area contributed by atoms with Crippen LogP contribution in [0.4, 0.5) is 0 Å². The highest BCUT2D eigenvalue weighted by Crippen LogP contribution is 2.22. The Kier molecular flexibility index (Phi) is 6.44. The van der Waals surface area contributed by atoms with Crippen LogP contribution in [-0.4, -0.2) is 29.4 Å². The first kappa shape index (κ1) is 16.8. The lowest BCUT2D eigenvalue weighted by molar-refractivity contribution is 0.0696. The molecule has 0 saturated carbocycles. The maximum atomic E-state index is 10.8. The summed E-state index contributed by atoms with van der Waals surface area (Å²) in [5, 5.41) is 18.2. The summed E-state index contributed by atoms with van der Waals surface area (Å²) in [7, 11) is 0. The number of carboxylic acids is 1. The summed E-state index contributed by atoms with van der Waals surface area (Å²) in [6.45, 7) is 2.32.